The van der Waals surface area contributed by atoms with E-state index in [2.05, 4.69) is 21.3 Å². The number of hydrogen-bond acceptors (Lipinski definition) is 11. The number of hydrogen-bond donors (Lipinski definition) is 7. The molecule has 1 fully saturated rings. The Morgan fingerprint density at radius 3 is 2.11 bits per heavy atom. The highest BCUT2D eigenvalue weighted by molar-refractivity contribution is 5.95. The predicted molar refractivity (Wildman–Crippen MR) is 164 cm³/mol. The SMILES string of the molecule is CCOCCOCCOCCCNC(=O)C(CO)NC(=O)C1CCCN1C(=O)CNC(=O)C(CC(C)C)NC(=O)C(N)C(C)O. The van der Waals surface area contributed by atoms with Gasteiger partial charge in [-0.1, -0.05) is 13.8 Å². The van der Waals surface area contributed by atoms with Crippen LogP contribution in [0.4, 0.5) is 0 Å². The molecule has 0 radical (unpaired) electrons. The van der Waals surface area contributed by atoms with Crippen molar-refractivity contribution in [1.82, 2.24) is 26.2 Å². The van der Waals surface area contributed by atoms with Crippen molar-refractivity contribution in [2.24, 2.45) is 11.7 Å². The van der Waals surface area contributed by atoms with Gasteiger partial charge in [-0.3, -0.25) is 24.0 Å². The van der Waals surface area contributed by atoms with Crippen molar-refractivity contribution in [2.45, 2.75) is 83.6 Å². The van der Waals surface area contributed by atoms with Crippen LogP contribution >= 0.6 is 0 Å². The van der Waals surface area contributed by atoms with E-state index < -0.39 is 73.0 Å². The van der Waals surface area contributed by atoms with E-state index in [-0.39, 0.29) is 25.4 Å². The monoisotopic (exact) mass is 646 g/mol. The van der Waals surface area contributed by atoms with Gasteiger partial charge in [0.05, 0.1) is 45.7 Å². The Balaban J connectivity index is 2.52. The summed E-state index contributed by atoms with van der Waals surface area (Å²) in [4.78, 5) is 65.0. The van der Waals surface area contributed by atoms with Gasteiger partial charge in [0, 0.05) is 26.3 Å². The van der Waals surface area contributed by atoms with Crippen molar-refractivity contribution in [2.75, 3.05) is 65.9 Å². The predicted octanol–water partition coefficient (Wildman–Crippen LogP) is -2.61. The average molecular weight is 647 g/mol. The number of aliphatic hydroxyl groups is 2. The molecule has 1 saturated heterocycles. The van der Waals surface area contributed by atoms with E-state index in [0.717, 1.165) is 0 Å². The average Bonchev–Trinajstić information content (AvgIpc) is 3.50. The van der Waals surface area contributed by atoms with Crippen LogP contribution in [0.1, 0.15) is 53.4 Å². The molecule has 260 valence electrons. The van der Waals surface area contributed by atoms with Gasteiger partial charge in [0.2, 0.25) is 29.5 Å². The van der Waals surface area contributed by atoms with E-state index in [4.69, 9.17) is 19.9 Å². The largest absolute Gasteiger partial charge is 0.394 e. The lowest BCUT2D eigenvalue weighted by molar-refractivity contribution is -0.140. The Kier molecular flexibility index (Phi) is 20.1. The molecule has 16 nitrogen and oxygen atoms in total. The van der Waals surface area contributed by atoms with Crippen molar-refractivity contribution in [3.8, 4) is 0 Å². The van der Waals surface area contributed by atoms with Crippen LogP contribution in [0.15, 0.2) is 0 Å². The Hall–Kier alpha value is -2.89. The van der Waals surface area contributed by atoms with E-state index >= 15 is 0 Å². The number of nitrogens with zero attached hydrogens (tertiary/aromatic N) is 1. The molecular formula is C29H54N6O10. The van der Waals surface area contributed by atoms with Crippen LogP contribution in [0.25, 0.3) is 0 Å². The first-order chi connectivity index (χ1) is 21.4. The molecule has 45 heavy (non-hydrogen) atoms. The maximum absolute atomic E-state index is 13.0. The lowest BCUT2D eigenvalue weighted by atomic mass is 10.0. The Morgan fingerprint density at radius 2 is 1.51 bits per heavy atom. The lowest BCUT2D eigenvalue weighted by Crippen LogP contribution is -2.57. The zero-order chi connectivity index (χ0) is 33.8. The summed E-state index contributed by atoms with van der Waals surface area (Å²) in [7, 11) is 0. The van der Waals surface area contributed by atoms with E-state index in [9.17, 15) is 34.2 Å². The maximum atomic E-state index is 13.0. The molecule has 0 bridgehead atoms. The summed E-state index contributed by atoms with van der Waals surface area (Å²) in [6, 6.07) is -4.28. The van der Waals surface area contributed by atoms with Crippen LogP contribution in [-0.4, -0.2) is 141 Å². The molecule has 0 saturated carbocycles. The fourth-order valence-electron chi connectivity index (χ4n) is 4.47. The minimum Gasteiger partial charge on any atom is -0.394 e. The molecule has 0 aromatic heterocycles. The number of rotatable bonds is 23. The van der Waals surface area contributed by atoms with Gasteiger partial charge < -0.3 is 56.3 Å². The second-order valence-corrected chi connectivity index (χ2v) is 11.2. The van der Waals surface area contributed by atoms with Crippen molar-refractivity contribution < 1.29 is 48.4 Å². The second-order valence-electron chi connectivity index (χ2n) is 11.2. The Labute approximate surface area is 265 Å². The minimum absolute atomic E-state index is 0.0254. The minimum atomic E-state index is -1.22. The quantitative estimate of drug-likeness (QED) is 0.0569. The summed E-state index contributed by atoms with van der Waals surface area (Å²) in [5.41, 5.74) is 5.67. The van der Waals surface area contributed by atoms with Gasteiger partial charge in [-0.15, -0.1) is 0 Å². The zero-order valence-corrected chi connectivity index (χ0v) is 27.0. The smallest absolute Gasteiger partial charge is 0.244 e. The molecule has 1 rings (SSSR count). The van der Waals surface area contributed by atoms with E-state index in [1.807, 2.05) is 20.8 Å². The molecular weight excluding hydrogens is 592 g/mol. The number of nitrogens with one attached hydrogen (secondary N) is 4. The van der Waals surface area contributed by atoms with Crippen LogP contribution in [-0.2, 0) is 38.2 Å². The maximum Gasteiger partial charge on any atom is 0.244 e. The number of aliphatic hydroxyl groups excluding tert-OH is 2. The molecule has 5 atom stereocenters. The van der Waals surface area contributed by atoms with Crippen molar-refractivity contribution in [3.63, 3.8) is 0 Å². The Bertz CT molecular complexity index is 922. The van der Waals surface area contributed by atoms with Gasteiger partial charge >= 0.3 is 0 Å². The lowest BCUT2D eigenvalue weighted by Gasteiger charge is -2.27. The topological polar surface area (TPSA) is 231 Å². The van der Waals surface area contributed by atoms with Crippen LogP contribution in [0.5, 0.6) is 0 Å². The summed E-state index contributed by atoms with van der Waals surface area (Å²) < 4.78 is 16.0. The molecule has 8 N–H and O–H groups in total. The summed E-state index contributed by atoms with van der Waals surface area (Å²) in [5.74, 6) is -2.94. The van der Waals surface area contributed by atoms with Gasteiger partial charge in [0.25, 0.3) is 0 Å². The van der Waals surface area contributed by atoms with Crippen molar-refractivity contribution in [3.05, 3.63) is 0 Å². The van der Waals surface area contributed by atoms with Crippen molar-refractivity contribution >= 4 is 29.5 Å². The summed E-state index contributed by atoms with van der Waals surface area (Å²) in [6.45, 7) is 9.38. The van der Waals surface area contributed by atoms with Gasteiger partial charge in [0.15, 0.2) is 0 Å². The molecule has 1 aliphatic rings. The van der Waals surface area contributed by atoms with Crippen LogP contribution < -0.4 is 27.0 Å². The summed E-state index contributed by atoms with van der Waals surface area (Å²) in [6.07, 6.45) is 0.559. The first kappa shape index (κ1) is 40.1. The number of carbonyl (C=O) groups is 5. The fraction of sp³-hybridized carbons (Fsp3) is 0.828. The zero-order valence-electron chi connectivity index (χ0n) is 27.0. The van der Waals surface area contributed by atoms with E-state index in [1.165, 1.54) is 11.8 Å². The van der Waals surface area contributed by atoms with Crippen LogP contribution in [0.2, 0.25) is 0 Å². The van der Waals surface area contributed by atoms with Gasteiger partial charge in [-0.2, -0.15) is 0 Å². The highest BCUT2D eigenvalue weighted by atomic mass is 16.5. The normalized spacial score (nSPS) is 17.3. The van der Waals surface area contributed by atoms with E-state index in [0.29, 0.717) is 58.9 Å². The first-order valence-electron chi connectivity index (χ1n) is 15.7. The summed E-state index contributed by atoms with van der Waals surface area (Å²) in [5, 5.41) is 29.5. The highest BCUT2D eigenvalue weighted by Gasteiger charge is 2.36. The molecule has 5 amide bonds. The Morgan fingerprint density at radius 1 is 0.889 bits per heavy atom. The molecule has 1 heterocycles. The molecule has 0 aromatic rings. The number of carbonyl (C=O) groups excluding carboxylic acids is 5. The third-order valence-corrected chi connectivity index (χ3v) is 6.98. The number of ether oxygens (including phenoxy) is 3. The number of nitrogens with two attached hydrogens (primary N) is 1. The molecule has 0 aromatic carbocycles. The number of amides is 5. The van der Waals surface area contributed by atoms with Gasteiger partial charge in [-0.05, 0) is 45.4 Å². The molecule has 5 unspecified atom stereocenters. The van der Waals surface area contributed by atoms with Crippen molar-refractivity contribution in [1.29, 1.82) is 0 Å². The third-order valence-electron chi connectivity index (χ3n) is 6.98. The van der Waals surface area contributed by atoms with E-state index in [1.54, 1.807) is 0 Å². The molecule has 16 heteroatoms. The third kappa shape index (κ3) is 15.8. The molecule has 0 spiro atoms. The van der Waals surface area contributed by atoms with Crippen LogP contribution in [0.3, 0.4) is 0 Å². The van der Waals surface area contributed by atoms with Gasteiger partial charge in [0.1, 0.15) is 24.2 Å². The standard InChI is InChI=1S/C29H54N6O10/c1-5-43-12-13-45-15-14-44-11-7-9-31-27(40)22(18-36)34-28(41)23-8-6-10-35(23)24(38)17-32-26(39)21(16-19(2)3)33-29(42)25(30)20(4)37/h19-23,25,36-37H,5-18,30H2,1-4H3,(H,31,40)(H,32,39)(H,33,42)(H,34,41). The highest BCUT2D eigenvalue weighted by Crippen LogP contribution is 2.17. The first-order valence-corrected chi connectivity index (χ1v) is 15.7. The fourth-order valence-corrected chi connectivity index (χ4v) is 4.47. The summed E-state index contributed by atoms with van der Waals surface area (Å²) >= 11 is 0. The number of likely N-dealkylation sites (tertiary alicyclic amines) is 1. The second kappa shape index (κ2) is 22.6. The van der Waals surface area contributed by atoms with Crippen LogP contribution in [0, 0.1) is 5.92 Å². The molecule has 0 aliphatic carbocycles. The van der Waals surface area contributed by atoms with Gasteiger partial charge in [-0.25, -0.2) is 0 Å². The molecule has 1 aliphatic heterocycles.